The van der Waals surface area contributed by atoms with Crippen molar-refractivity contribution >= 4 is 11.5 Å². The molecule has 19 heavy (non-hydrogen) atoms. The lowest BCUT2D eigenvalue weighted by Crippen LogP contribution is -2.10. The molecule has 1 aliphatic rings. The van der Waals surface area contributed by atoms with Gasteiger partial charge in [-0.1, -0.05) is 0 Å². The van der Waals surface area contributed by atoms with Gasteiger partial charge in [-0.05, 0) is 31.4 Å². The summed E-state index contributed by atoms with van der Waals surface area (Å²) in [6.07, 6.45) is 5.37. The first kappa shape index (κ1) is 13.5. The van der Waals surface area contributed by atoms with Crippen molar-refractivity contribution in [2.75, 3.05) is 19.5 Å². The van der Waals surface area contributed by atoms with Crippen LogP contribution in [0.15, 0.2) is 30.0 Å². The van der Waals surface area contributed by atoms with E-state index in [0.29, 0.717) is 6.42 Å². The number of Topliss-reactive ketones (excluding diaryl/α,β-unsaturated/α-hetero) is 1. The van der Waals surface area contributed by atoms with Crippen LogP contribution in [0.3, 0.4) is 0 Å². The molecule has 4 heteroatoms. The number of carbonyl (C=O) groups excluding carboxylic acids is 1. The van der Waals surface area contributed by atoms with E-state index in [0.717, 1.165) is 42.0 Å². The summed E-state index contributed by atoms with van der Waals surface area (Å²) in [5, 5.41) is 3.15. The predicted octanol–water partition coefficient (Wildman–Crippen LogP) is 3.14. The molecule has 1 aromatic rings. The molecule has 1 N–H and O–H groups in total. The number of methoxy groups -OCH3 is 2. The summed E-state index contributed by atoms with van der Waals surface area (Å²) in [5.41, 5.74) is 1.66. The molecule has 1 saturated carbocycles. The Morgan fingerprint density at radius 1 is 1.16 bits per heavy atom. The van der Waals surface area contributed by atoms with E-state index in [9.17, 15) is 4.79 Å². The van der Waals surface area contributed by atoms with Gasteiger partial charge < -0.3 is 14.8 Å². The molecule has 0 radical (unpaired) electrons. The summed E-state index contributed by atoms with van der Waals surface area (Å²) in [6, 6.07) is 5.52. The molecule has 0 bridgehead atoms. The molecule has 0 spiro atoms. The van der Waals surface area contributed by atoms with Crippen LogP contribution in [0.5, 0.6) is 11.5 Å². The smallest absolute Gasteiger partial charge is 0.160 e. The van der Waals surface area contributed by atoms with E-state index in [2.05, 4.69) is 5.32 Å². The third kappa shape index (κ3) is 3.28. The molecule has 102 valence electrons. The Kier molecular flexibility index (Phi) is 4.44. The molecule has 0 aromatic heterocycles. The molecule has 1 aliphatic carbocycles. The molecule has 1 aromatic carbocycles. The van der Waals surface area contributed by atoms with Gasteiger partial charge in [-0.3, -0.25) is 4.79 Å². The molecule has 0 heterocycles. The van der Waals surface area contributed by atoms with E-state index in [-0.39, 0.29) is 5.78 Å². The number of carbonyl (C=O) groups is 1. The largest absolute Gasteiger partial charge is 0.497 e. The van der Waals surface area contributed by atoms with E-state index < -0.39 is 0 Å². The predicted molar refractivity (Wildman–Crippen MR) is 74.7 cm³/mol. The van der Waals surface area contributed by atoms with Gasteiger partial charge in [0.15, 0.2) is 5.78 Å². The van der Waals surface area contributed by atoms with Crippen LogP contribution in [0.4, 0.5) is 5.69 Å². The van der Waals surface area contributed by atoms with E-state index in [4.69, 9.17) is 9.47 Å². The molecular weight excluding hydrogens is 242 g/mol. The summed E-state index contributed by atoms with van der Waals surface area (Å²) in [4.78, 5) is 11.7. The average molecular weight is 261 g/mol. The van der Waals surface area contributed by atoms with Gasteiger partial charge in [0.2, 0.25) is 0 Å². The minimum atomic E-state index is 0.237. The first-order chi connectivity index (χ1) is 9.24. The Bertz CT molecular complexity index is 494. The third-order valence-corrected chi connectivity index (χ3v) is 3.27. The Morgan fingerprint density at radius 3 is 2.63 bits per heavy atom. The van der Waals surface area contributed by atoms with Gasteiger partial charge in [-0.15, -0.1) is 0 Å². The second-order valence-corrected chi connectivity index (χ2v) is 4.51. The Morgan fingerprint density at radius 2 is 1.95 bits per heavy atom. The highest BCUT2D eigenvalue weighted by Crippen LogP contribution is 2.29. The number of hydrogen-bond donors (Lipinski definition) is 1. The molecule has 0 amide bonds. The van der Waals surface area contributed by atoms with Gasteiger partial charge in [0, 0.05) is 24.3 Å². The van der Waals surface area contributed by atoms with E-state index in [1.807, 2.05) is 18.2 Å². The summed E-state index contributed by atoms with van der Waals surface area (Å²) in [6.45, 7) is 0. The van der Waals surface area contributed by atoms with Gasteiger partial charge >= 0.3 is 0 Å². The molecular formula is C15H19NO3. The van der Waals surface area contributed by atoms with E-state index in [1.165, 1.54) is 0 Å². The number of nitrogens with one attached hydrogen (secondary N) is 1. The topological polar surface area (TPSA) is 47.6 Å². The van der Waals surface area contributed by atoms with Gasteiger partial charge in [-0.25, -0.2) is 0 Å². The third-order valence-electron chi connectivity index (χ3n) is 3.27. The Hall–Kier alpha value is -1.97. The van der Waals surface area contributed by atoms with Gasteiger partial charge in [0.25, 0.3) is 0 Å². The zero-order valence-electron chi connectivity index (χ0n) is 11.4. The van der Waals surface area contributed by atoms with Crippen molar-refractivity contribution in [3.05, 3.63) is 30.0 Å². The number of ketones is 1. The van der Waals surface area contributed by atoms with Crippen LogP contribution in [0.1, 0.15) is 25.7 Å². The first-order valence-corrected chi connectivity index (χ1v) is 6.45. The number of rotatable bonds is 4. The van der Waals surface area contributed by atoms with Crippen molar-refractivity contribution in [3.63, 3.8) is 0 Å². The normalized spacial score (nSPS) is 17.4. The summed E-state index contributed by atoms with van der Waals surface area (Å²) in [7, 11) is 3.24. The van der Waals surface area contributed by atoms with Crippen molar-refractivity contribution < 1.29 is 14.3 Å². The second kappa shape index (κ2) is 6.27. The monoisotopic (exact) mass is 261 g/mol. The van der Waals surface area contributed by atoms with Crippen LogP contribution < -0.4 is 14.8 Å². The lowest BCUT2D eigenvalue weighted by molar-refractivity contribution is -0.116. The highest BCUT2D eigenvalue weighted by molar-refractivity contribution is 5.96. The van der Waals surface area contributed by atoms with Crippen molar-refractivity contribution in [2.24, 2.45) is 0 Å². The minimum absolute atomic E-state index is 0.237. The average Bonchev–Trinajstić information content (AvgIpc) is 2.46. The van der Waals surface area contributed by atoms with Crippen LogP contribution in [0.25, 0.3) is 0 Å². The Labute approximate surface area is 113 Å². The summed E-state index contributed by atoms with van der Waals surface area (Å²) < 4.78 is 10.5. The molecule has 1 fully saturated rings. The lowest BCUT2D eigenvalue weighted by atomic mass is 9.94. The van der Waals surface area contributed by atoms with Crippen LogP contribution in [-0.4, -0.2) is 20.0 Å². The zero-order valence-corrected chi connectivity index (χ0v) is 11.4. The number of hydrogen-bond acceptors (Lipinski definition) is 4. The number of allylic oxidation sites excluding steroid dienone is 1. The van der Waals surface area contributed by atoms with Gasteiger partial charge in [0.05, 0.1) is 19.9 Å². The fourth-order valence-electron chi connectivity index (χ4n) is 2.15. The maximum absolute atomic E-state index is 11.7. The van der Waals surface area contributed by atoms with Crippen LogP contribution in [-0.2, 0) is 4.79 Å². The highest BCUT2D eigenvalue weighted by Gasteiger charge is 2.14. The quantitative estimate of drug-likeness (QED) is 0.846. The standard InChI is InChI=1S/C15H19NO3/c1-18-12-7-8-15(19-2)13(9-12)16-10-11-5-3-4-6-14(11)17/h7-10,16H,3-6H2,1-2H3. The van der Waals surface area contributed by atoms with Crippen molar-refractivity contribution in [1.82, 2.24) is 0 Å². The van der Waals surface area contributed by atoms with Crippen molar-refractivity contribution in [2.45, 2.75) is 25.7 Å². The highest BCUT2D eigenvalue weighted by atomic mass is 16.5. The first-order valence-electron chi connectivity index (χ1n) is 6.45. The summed E-state index contributed by atoms with van der Waals surface area (Å²) >= 11 is 0. The summed E-state index contributed by atoms with van der Waals surface area (Å²) in [5.74, 6) is 1.71. The maximum atomic E-state index is 11.7. The number of ether oxygens (including phenoxy) is 2. The maximum Gasteiger partial charge on any atom is 0.160 e. The molecule has 0 aliphatic heterocycles. The zero-order chi connectivity index (χ0) is 13.7. The van der Waals surface area contributed by atoms with Crippen LogP contribution in [0, 0.1) is 0 Å². The fourth-order valence-corrected chi connectivity index (χ4v) is 2.15. The van der Waals surface area contributed by atoms with Crippen molar-refractivity contribution in [1.29, 1.82) is 0 Å². The number of anilines is 1. The lowest BCUT2D eigenvalue weighted by Gasteiger charge is -2.14. The molecule has 0 atom stereocenters. The van der Waals surface area contributed by atoms with Gasteiger partial charge in [-0.2, -0.15) is 0 Å². The molecule has 2 rings (SSSR count). The number of benzene rings is 1. The molecule has 4 nitrogen and oxygen atoms in total. The van der Waals surface area contributed by atoms with E-state index >= 15 is 0 Å². The van der Waals surface area contributed by atoms with Crippen molar-refractivity contribution in [3.8, 4) is 11.5 Å². The fraction of sp³-hybridized carbons (Fsp3) is 0.400. The minimum Gasteiger partial charge on any atom is -0.497 e. The van der Waals surface area contributed by atoms with Crippen LogP contribution in [0.2, 0.25) is 0 Å². The van der Waals surface area contributed by atoms with Crippen LogP contribution >= 0.6 is 0 Å². The SMILES string of the molecule is COc1ccc(OC)c(NC=C2CCCCC2=O)c1. The van der Waals surface area contributed by atoms with E-state index in [1.54, 1.807) is 20.4 Å². The molecule has 0 unspecified atom stereocenters. The Balaban J connectivity index is 2.17. The second-order valence-electron chi connectivity index (χ2n) is 4.51. The molecule has 0 saturated heterocycles. The van der Waals surface area contributed by atoms with Gasteiger partial charge in [0.1, 0.15) is 11.5 Å².